The zero-order chi connectivity index (χ0) is 107. The summed E-state index contributed by atoms with van der Waals surface area (Å²) >= 11 is 0. The smallest absolute Gasteiger partial charge is 0.250 e. The van der Waals surface area contributed by atoms with Gasteiger partial charge in [0.25, 0.3) is 0 Å². The van der Waals surface area contributed by atoms with Crippen LogP contribution in [0.3, 0.4) is 0 Å². The maximum Gasteiger partial charge on any atom is 0.250 e. The number of alkyl halides is 2. The molecule has 11 rings (SSSR count). The summed E-state index contributed by atoms with van der Waals surface area (Å²) < 4.78 is 72.6. The Labute approximate surface area is 854 Å². The van der Waals surface area contributed by atoms with E-state index in [1.54, 1.807) is 18.6 Å². The van der Waals surface area contributed by atoms with Gasteiger partial charge in [-0.25, -0.2) is 33.7 Å². The van der Waals surface area contributed by atoms with E-state index in [4.69, 9.17) is 49.4 Å². The van der Waals surface area contributed by atoms with E-state index in [-0.39, 0.29) is 97.3 Å². The standard InChI is InChI=1S/C18H30N2O2.C17H29N3.C17H35NO3.C16H27N3O.C14H28F2O.C13H21N3O.C12H19N3.2C4H10/c1-17(2,3)12-21-14-7-8-16(19-11-14)22-15-9-13(10-15)20-18(4,5)6;1-16(2,3)13-7-9-18-15(11-13)20-10-8-14(12-20)19-17(4,5)6;1-16(2,3)13-19-9-10-21-15-11-14(12-15)20-8-7-18-17(4,5)6;1-15(2,3)13-9-18-14(10-17-13)20-12-7-11(8-12)19-16(4,5)6;1-12(2,3)8-7-9-14(15,16)10-11-17-13(4,5)6;1-13(2,3)9-17-11-4-5-12(15-6-11)16-7-10(14)8-16;1-12(2,3)9-4-5-11(14-6-9)15-7-10(13)8-15;2*1-4(2)3/h7-8,11,13,15,20H,9-10,12H2,1-6H3;7,9,11,14,19H,8,10,12H2,1-6H3;14-15,18H,7-13H2,1-6H3;9-12,19H,7-8H2,1-6H3;7-11H2,1-6H3;4-6,10H,7-9,14H2,1-3H3;4-6,10H,7-8,13H2,1-3H3;2*4H,1-3H3. The number of halogens is 2. The average molecular weight is 1970 g/mol. The van der Waals surface area contributed by atoms with Crippen molar-refractivity contribution in [2.75, 3.05) is 107 Å². The summed E-state index contributed by atoms with van der Waals surface area (Å²) in [6.07, 6.45) is 20.9. The Hall–Kier alpha value is -6.26. The Morgan fingerprint density at radius 2 is 0.829 bits per heavy atom. The van der Waals surface area contributed by atoms with Gasteiger partial charge in [-0.1, -0.05) is 193 Å². The van der Waals surface area contributed by atoms with Crippen LogP contribution in [-0.2, 0) is 35.2 Å². The van der Waals surface area contributed by atoms with Crippen LogP contribution in [0.4, 0.5) is 26.2 Å². The molecule has 806 valence electrons. The van der Waals surface area contributed by atoms with Crippen LogP contribution >= 0.6 is 0 Å². The summed E-state index contributed by atoms with van der Waals surface area (Å²) in [7, 11) is 0. The quantitative estimate of drug-likeness (QED) is 0.0243. The van der Waals surface area contributed by atoms with Gasteiger partial charge in [0.1, 0.15) is 41.2 Å². The molecule has 25 heteroatoms. The first-order chi connectivity index (χ1) is 63.8. The Morgan fingerprint density at radius 3 is 1.21 bits per heavy atom. The topological polar surface area (TPSA) is 261 Å². The molecule has 0 radical (unpaired) electrons. The molecule has 1 unspecified atom stereocenters. The fourth-order valence-electron chi connectivity index (χ4n) is 14.4. The largest absolute Gasteiger partial charge is 0.491 e. The van der Waals surface area contributed by atoms with E-state index in [0.717, 1.165) is 150 Å². The molecule has 0 spiro atoms. The molecule has 1 atom stereocenters. The highest BCUT2D eigenvalue weighted by atomic mass is 19.3. The second-order valence-electron chi connectivity index (χ2n) is 54.1. The van der Waals surface area contributed by atoms with E-state index >= 15 is 0 Å². The van der Waals surface area contributed by atoms with Crippen molar-refractivity contribution >= 4 is 17.5 Å². The van der Waals surface area contributed by atoms with Crippen LogP contribution in [0.1, 0.15) is 378 Å². The van der Waals surface area contributed by atoms with E-state index < -0.39 is 5.92 Å². The predicted octanol–water partition coefficient (Wildman–Crippen LogP) is 24.8. The summed E-state index contributed by atoms with van der Waals surface area (Å²) in [6, 6.07) is 18.7. The summed E-state index contributed by atoms with van der Waals surface area (Å²) in [6.45, 7) is 102. The van der Waals surface area contributed by atoms with Gasteiger partial charge in [0.15, 0.2) is 0 Å². The third kappa shape index (κ3) is 61.9. The molecule has 0 amide bonds. The highest BCUT2D eigenvalue weighted by Gasteiger charge is 2.38. The maximum atomic E-state index is 13.5. The number of pyridine rings is 4. The lowest BCUT2D eigenvalue weighted by Crippen LogP contribution is -2.56. The van der Waals surface area contributed by atoms with E-state index in [1.165, 1.54) is 17.5 Å². The monoisotopic (exact) mass is 1970 g/mol. The molecule has 3 saturated heterocycles. The molecule has 5 aromatic heterocycles. The van der Waals surface area contributed by atoms with E-state index in [1.807, 2.05) is 63.6 Å². The molecule has 3 aliphatic heterocycles. The van der Waals surface area contributed by atoms with Crippen molar-refractivity contribution in [2.45, 2.75) is 466 Å². The summed E-state index contributed by atoms with van der Waals surface area (Å²) in [5.41, 5.74) is 16.5. The van der Waals surface area contributed by atoms with E-state index in [0.29, 0.717) is 87.0 Å². The molecule has 6 fully saturated rings. The number of anilines is 3. The molecule has 0 aromatic carbocycles. The number of aromatic nitrogens is 6. The first-order valence-electron chi connectivity index (χ1n) is 52.8. The molecule has 0 bridgehead atoms. The van der Waals surface area contributed by atoms with Crippen molar-refractivity contribution in [3.63, 3.8) is 0 Å². The Kier molecular flexibility index (Phi) is 52.2. The summed E-state index contributed by atoms with van der Waals surface area (Å²) in [5, 5.41) is 14.3. The highest BCUT2D eigenvalue weighted by Crippen LogP contribution is 2.35. The van der Waals surface area contributed by atoms with Crippen LogP contribution in [0, 0.1) is 33.5 Å². The molecule has 23 nitrogen and oxygen atoms in total. The molecule has 8 heterocycles. The first kappa shape index (κ1) is 128. The molecular weight excluding hydrogens is 1760 g/mol. The minimum atomic E-state index is -2.59. The molecule has 8 N–H and O–H groups in total. The zero-order valence-corrected chi connectivity index (χ0v) is 96.8. The van der Waals surface area contributed by atoms with Gasteiger partial charge in [0.05, 0.1) is 94.5 Å². The van der Waals surface area contributed by atoms with Gasteiger partial charge in [-0.3, -0.25) is 4.98 Å². The van der Waals surface area contributed by atoms with Gasteiger partial charge >= 0.3 is 0 Å². The van der Waals surface area contributed by atoms with Gasteiger partial charge in [-0.15, -0.1) is 0 Å². The summed E-state index contributed by atoms with van der Waals surface area (Å²) in [5.74, 6) is 5.17. The first-order valence-corrected chi connectivity index (χ1v) is 52.8. The Morgan fingerprint density at radius 1 is 0.386 bits per heavy atom. The number of nitrogens with two attached hydrogens (primary N) is 2. The van der Waals surface area contributed by atoms with E-state index in [2.05, 4.69) is 360 Å². The van der Waals surface area contributed by atoms with Crippen LogP contribution in [0.25, 0.3) is 0 Å². The SMILES string of the molecule is CC(C)(C)CCCC(F)(F)CCOC(C)(C)C.CC(C)(C)COCCOC1CC(OCCNC(C)(C)C)C1.CC(C)(C)COc1ccc(N2CC(N)C2)nc1.CC(C)(C)COc1ccc(OC2CC(NC(C)(C)C)C2)nc1.CC(C)(C)NC1CC(Oc2cnc(C(C)(C)C)cn2)C1.CC(C)(C)NC1CCN(c2cc(C(C)(C)C)ccn2)C1.CC(C)(C)c1ccc(N2CC(N)C2)nc1.CC(C)C.CC(C)C. The number of nitrogens with one attached hydrogen (secondary N) is 4. The number of rotatable bonds is 29. The summed E-state index contributed by atoms with van der Waals surface area (Å²) in [4.78, 5) is 33.3. The molecule has 3 aliphatic carbocycles. The van der Waals surface area contributed by atoms with Crippen molar-refractivity contribution in [2.24, 2.45) is 45.0 Å². The molecule has 5 aromatic rings. The normalized spacial score (nSPS) is 19.4. The van der Waals surface area contributed by atoms with Crippen molar-refractivity contribution in [3.05, 3.63) is 103 Å². The van der Waals surface area contributed by atoms with Crippen molar-refractivity contribution in [1.82, 2.24) is 51.2 Å². The third-order valence-electron chi connectivity index (χ3n) is 21.8. The fraction of sp³-hybridized carbons (Fsp3) is 0.791. The minimum Gasteiger partial charge on any atom is -0.491 e. The Bertz CT molecular complexity index is 4070. The lowest BCUT2D eigenvalue weighted by molar-refractivity contribution is -0.110. The number of hydrogen-bond donors (Lipinski definition) is 6. The highest BCUT2D eigenvalue weighted by molar-refractivity contribution is 5.46. The number of hydrogen-bond acceptors (Lipinski definition) is 23. The lowest BCUT2D eigenvalue weighted by Gasteiger charge is -2.39. The van der Waals surface area contributed by atoms with Crippen LogP contribution in [0.5, 0.6) is 23.3 Å². The van der Waals surface area contributed by atoms with Crippen LogP contribution in [-0.4, -0.2) is 210 Å². The van der Waals surface area contributed by atoms with Gasteiger partial charge in [-0.2, -0.15) is 0 Å². The third-order valence-corrected chi connectivity index (χ3v) is 21.8. The van der Waals surface area contributed by atoms with E-state index in [9.17, 15) is 8.78 Å². The second kappa shape index (κ2) is 57.2. The molecule has 140 heavy (non-hydrogen) atoms. The van der Waals surface area contributed by atoms with Gasteiger partial charge < -0.3 is 85.3 Å². The number of nitrogens with zero attached hydrogens (tertiary/aromatic N) is 9. The van der Waals surface area contributed by atoms with Crippen LogP contribution in [0.2, 0.25) is 0 Å². The van der Waals surface area contributed by atoms with Crippen molar-refractivity contribution in [3.8, 4) is 23.3 Å². The molecule has 3 saturated carbocycles. The van der Waals surface area contributed by atoms with Crippen molar-refractivity contribution in [1.29, 1.82) is 0 Å². The predicted molar refractivity (Wildman–Crippen MR) is 586 cm³/mol. The zero-order valence-electron chi connectivity index (χ0n) is 96.8. The second-order valence-corrected chi connectivity index (χ2v) is 54.1. The molecule has 6 aliphatic rings. The lowest BCUT2D eigenvalue weighted by atomic mass is 9.87. The van der Waals surface area contributed by atoms with Crippen molar-refractivity contribution < 1.29 is 46.7 Å². The minimum absolute atomic E-state index is 0.0300. The molecular formula is C115H209F2N15O8. The van der Waals surface area contributed by atoms with Crippen LogP contribution in [0.15, 0.2) is 85.7 Å². The fourth-order valence-corrected chi connectivity index (χ4v) is 14.4. The van der Waals surface area contributed by atoms with Gasteiger partial charge in [0.2, 0.25) is 17.7 Å². The Balaban J connectivity index is 0.000000415. The average Bonchev–Trinajstić information content (AvgIpc) is 1.81. The number of ether oxygens (including phenoxy) is 8. The van der Waals surface area contributed by atoms with Gasteiger partial charge in [-0.05, 0) is 253 Å². The van der Waals surface area contributed by atoms with Gasteiger partial charge in [0, 0.05) is 135 Å². The van der Waals surface area contributed by atoms with Crippen LogP contribution < -0.4 is 66.4 Å². The maximum absolute atomic E-state index is 13.5.